The van der Waals surface area contributed by atoms with E-state index in [-0.39, 0.29) is 0 Å². The fraction of sp³-hybridized carbons (Fsp3) is 0.167. The third-order valence-corrected chi connectivity index (χ3v) is 2.05. The van der Waals surface area contributed by atoms with E-state index in [1.807, 2.05) is 44.2 Å². The molecule has 1 heterocycles. The number of nitrogens with one attached hydrogen (secondary N) is 1. The van der Waals surface area contributed by atoms with Crippen LogP contribution < -0.4 is 5.43 Å². The van der Waals surface area contributed by atoms with Crippen LogP contribution in [0.4, 0.5) is 5.69 Å². The Hall–Kier alpha value is -1.90. The summed E-state index contributed by atoms with van der Waals surface area (Å²) in [5.41, 5.74) is 6.00. The summed E-state index contributed by atoms with van der Waals surface area (Å²) < 4.78 is 0. The Balaban J connectivity index is 2.47. The van der Waals surface area contributed by atoms with Crippen molar-refractivity contribution >= 4 is 22.3 Å². The van der Waals surface area contributed by atoms with Crippen molar-refractivity contribution in [1.29, 1.82) is 0 Å². The van der Waals surface area contributed by atoms with Gasteiger partial charge in [0.25, 0.3) is 0 Å². The van der Waals surface area contributed by atoms with Crippen molar-refractivity contribution in [1.82, 2.24) is 4.98 Å². The largest absolute Gasteiger partial charge is 0.278 e. The zero-order valence-electron chi connectivity index (χ0n) is 8.86. The summed E-state index contributed by atoms with van der Waals surface area (Å²) in [6.45, 7) is 3.91. The predicted octanol–water partition coefficient (Wildman–Crippen LogP) is 3.04. The van der Waals surface area contributed by atoms with Crippen LogP contribution in [0.1, 0.15) is 13.8 Å². The van der Waals surface area contributed by atoms with Gasteiger partial charge < -0.3 is 0 Å². The van der Waals surface area contributed by atoms with Gasteiger partial charge >= 0.3 is 0 Å². The molecular weight excluding hydrogens is 186 g/mol. The molecule has 1 N–H and O–H groups in total. The lowest BCUT2D eigenvalue weighted by atomic mass is 10.2. The van der Waals surface area contributed by atoms with Crippen molar-refractivity contribution in [3.05, 3.63) is 36.5 Å². The number of benzene rings is 1. The molecule has 0 fully saturated rings. The van der Waals surface area contributed by atoms with Crippen LogP contribution in [0.5, 0.6) is 0 Å². The second-order valence-corrected chi connectivity index (χ2v) is 3.55. The number of rotatable bonds is 2. The molecule has 0 aliphatic carbocycles. The standard InChI is InChI=1S/C12H13N3/c1-9(2)14-15-12-7-8-13-11-6-4-3-5-10(11)12/h3-8H,1-2H3,(H,13,15). The SMILES string of the molecule is CC(C)=NNc1ccnc2ccccc12. The van der Waals surface area contributed by atoms with Gasteiger partial charge in [-0.2, -0.15) is 5.10 Å². The van der Waals surface area contributed by atoms with Crippen LogP contribution in [-0.4, -0.2) is 10.7 Å². The highest BCUT2D eigenvalue weighted by Crippen LogP contribution is 2.20. The van der Waals surface area contributed by atoms with Gasteiger partial charge in [-0.3, -0.25) is 10.4 Å². The molecule has 0 bridgehead atoms. The Morgan fingerprint density at radius 3 is 2.80 bits per heavy atom. The van der Waals surface area contributed by atoms with E-state index in [1.165, 1.54) is 0 Å². The number of hydrogen-bond acceptors (Lipinski definition) is 3. The smallest absolute Gasteiger partial charge is 0.0723 e. The molecular formula is C12H13N3. The van der Waals surface area contributed by atoms with E-state index in [1.54, 1.807) is 6.20 Å². The zero-order valence-corrected chi connectivity index (χ0v) is 8.86. The Bertz CT molecular complexity index is 494. The Labute approximate surface area is 88.8 Å². The van der Waals surface area contributed by atoms with Crippen LogP contribution in [-0.2, 0) is 0 Å². The van der Waals surface area contributed by atoms with Crippen molar-refractivity contribution in [3.8, 4) is 0 Å². The number of fused-ring (bicyclic) bond motifs is 1. The van der Waals surface area contributed by atoms with Crippen LogP contribution in [0.15, 0.2) is 41.6 Å². The summed E-state index contributed by atoms with van der Waals surface area (Å²) in [5.74, 6) is 0. The molecule has 0 aliphatic rings. The van der Waals surface area contributed by atoms with Gasteiger partial charge in [-0.1, -0.05) is 18.2 Å². The minimum Gasteiger partial charge on any atom is -0.278 e. The maximum Gasteiger partial charge on any atom is 0.0723 e. The minimum atomic E-state index is 0.978. The van der Waals surface area contributed by atoms with Gasteiger partial charge in [0.15, 0.2) is 0 Å². The second-order valence-electron chi connectivity index (χ2n) is 3.55. The maximum atomic E-state index is 4.28. The van der Waals surface area contributed by atoms with E-state index in [0.717, 1.165) is 22.3 Å². The molecule has 3 heteroatoms. The number of pyridine rings is 1. The molecule has 0 aliphatic heterocycles. The van der Waals surface area contributed by atoms with Gasteiger partial charge in [-0.15, -0.1) is 0 Å². The Kier molecular flexibility index (Phi) is 2.63. The van der Waals surface area contributed by atoms with Crippen molar-refractivity contribution in [3.63, 3.8) is 0 Å². The summed E-state index contributed by atoms with van der Waals surface area (Å²) >= 11 is 0. The van der Waals surface area contributed by atoms with Crippen LogP contribution >= 0.6 is 0 Å². The van der Waals surface area contributed by atoms with Gasteiger partial charge in [0.05, 0.1) is 11.2 Å². The molecule has 2 rings (SSSR count). The number of nitrogens with zero attached hydrogens (tertiary/aromatic N) is 2. The highest BCUT2D eigenvalue weighted by Gasteiger charge is 1.98. The van der Waals surface area contributed by atoms with Gasteiger partial charge in [0, 0.05) is 17.3 Å². The van der Waals surface area contributed by atoms with Crippen LogP contribution in [0.2, 0.25) is 0 Å². The monoisotopic (exact) mass is 199 g/mol. The summed E-state index contributed by atoms with van der Waals surface area (Å²) in [6, 6.07) is 9.92. The first-order chi connectivity index (χ1) is 7.27. The topological polar surface area (TPSA) is 37.3 Å². The molecule has 1 aromatic carbocycles. The average Bonchev–Trinajstić information content (AvgIpc) is 2.26. The Morgan fingerprint density at radius 2 is 2.00 bits per heavy atom. The summed E-state index contributed by atoms with van der Waals surface area (Å²) in [5, 5.41) is 5.27. The van der Waals surface area contributed by atoms with E-state index < -0.39 is 0 Å². The molecule has 0 atom stereocenters. The van der Waals surface area contributed by atoms with Gasteiger partial charge in [0.2, 0.25) is 0 Å². The minimum absolute atomic E-state index is 0.978. The fourth-order valence-corrected chi connectivity index (χ4v) is 1.37. The molecule has 2 aromatic rings. The van der Waals surface area contributed by atoms with Crippen molar-refractivity contribution in [2.75, 3.05) is 5.43 Å². The van der Waals surface area contributed by atoms with E-state index in [9.17, 15) is 0 Å². The van der Waals surface area contributed by atoms with E-state index in [4.69, 9.17) is 0 Å². The highest BCUT2D eigenvalue weighted by atomic mass is 15.3. The third-order valence-electron chi connectivity index (χ3n) is 2.05. The summed E-state index contributed by atoms with van der Waals surface area (Å²) in [7, 11) is 0. The third kappa shape index (κ3) is 2.13. The predicted molar refractivity (Wildman–Crippen MR) is 64.1 cm³/mol. The molecule has 0 radical (unpaired) electrons. The lowest BCUT2D eigenvalue weighted by Gasteiger charge is -2.04. The number of hydrazone groups is 1. The number of aromatic nitrogens is 1. The van der Waals surface area contributed by atoms with E-state index >= 15 is 0 Å². The molecule has 76 valence electrons. The molecule has 15 heavy (non-hydrogen) atoms. The van der Waals surface area contributed by atoms with Gasteiger partial charge in [-0.25, -0.2) is 0 Å². The summed E-state index contributed by atoms with van der Waals surface area (Å²) in [6.07, 6.45) is 1.78. The van der Waals surface area contributed by atoms with Crippen molar-refractivity contribution in [2.24, 2.45) is 5.10 Å². The average molecular weight is 199 g/mol. The highest BCUT2D eigenvalue weighted by molar-refractivity contribution is 5.91. The van der Waals surface area contributed by atoms with Crippen LogP contribution in [0.3, 0.4) is 0 Å². The quantitative estimate of drug-likeness (QED) is 0.596. The lowest BCUT2D eigenvalue weighted by molar-refractivity contribution is 1.31. The number of hydrogen-bond donors (Lipinski definition) is 1. The van der Waals surface area contributed by atoms with Gasteiger partial charge in [-0.05, 0) is 26.0 Å². The maximum absolute atomic E-state index is 4.28. The fourth-order valence-electron chi connectivity index (χ4n) is 1.37. The normalized spacial score (nSPS) is 10.0. The van der Waals surface area contributed by atoms with Crippen molar-refractivity contribution < 1.29 is 0 Å². The molecule has 0 unspecified atom stereocenters. The number of para-hydroxylation sites is 1. The Morgan fingerprint density at radius 1 is 1.20 bits per heavy atom. The van der Waals surface area contributed by atoms with Crippen molar-refractivity contribution in [2.45, 2.75) is 13.8 Å². The first kappa shape index (κ1) is 9.65. The molecule has 0 saturated heterocycles. The second kappa shape index (κ2) is 4.09. The zero-order chi connectivity index (χ0) is 10.7. The van der Waals surface area contributed by atoms with Gasteiger partial charge in [0.1, 0.15) is 0 Å². The molecule has 0 amide bonds. The lowest BCUT2D eigenvalue weighted by Crippen LogP contribution is -1.94. The summed E-state index contributed by atoms with van der Waals surface area (Å²) in [4.78, 5) is 4.28. The molecule has 3 nitrogen and oxygen atoms in total. The molecule has 1 aromatic heterocycles. The molecule has 0 saturated carbocycles. The van der Waals surface area contributed by atoms with Crippen LogP contribution in [0, 0.1) is 0 Å². The van der Waals surface area contributed by atoms with E-state index in [2.05, 4.69) is 15.5 Å². The first-order valence-corrected chi connectivity index (χ1v) is 4.88. The van der Waals surface area contributed by atoms with Crippen LogP contribution in [0.25, 0.3) is 10.9 Å². The number of anilines is 1. The van der Waals surface area contributed by atoms with E-state index in [0.29, 0.717) is 0 Å². The first-order valence-electron chi connectivity index (χ1n) is 4.88. The molecule has 0 spiro atoms.